The van der Waals surface area contributed by atoms with Gasteiger partial charge in [0.15, 0.2) is 10.7 Å². The van der Waals surface area contributed by atoms with Crippen LogP contribution in [0.4, 0.5) is 10.1 Å². The van der Waals surface area contributed by atoms with Crippen LogP contribution in [0.2, 0.25) is 0 Å². The maximum absolute atomic E-state index is 14.0. The number of nitrogens with zero attached hydrogens (tertiary/aromatic N) is 2. The van der Waals surface area contributed by atoms with Gasteiger partial charge in [-0.1, -0.05) is 48.5 Å². The molecule has 0 atom stereocenters. The molecule has 9 heteroatoms. The molecule has 3 aromatic rings. The highest BCUT2D eigenvalue weighted by Crippen LogP contribution is 2.30. The molecule has 7 nitrogen and oxygen atoms in total. The fourth-order valence-electron chi connectivity index (χ4n) is 4.49. The highest BCUT2D eigenvalue weighted by molar-refractivity contribution is 7.89. The summed E-state index contributed by atoms with van der Waals surface area (Å²) in [6.45, 7) is 5.97. The highest BCUT2D eigenvalue weighted by atomic mass is 32.2. The maximum Gasteiger partial charge on any atom is 0.248 e. The van der Waals surface area contributed by atoms with Crippen LogP contribution in [0.15, 0.2) is 51.9 Å². The second-order valence-corrected chi connectivity index (χ2v) is 10.8. The molecule has 36 heavy (non-hydrogen) atoms. The molecule has 1 fully saturated rings. The zero-order chi connectivity index (χ0) is 25.9. The second-order valence-electron chi connectivity index (χ2n) is 8.95. The van der Waals surface area contributed by atoms with Crippen molar-refractivity contribution in [3.8, 4) is 0 Å². The molecular weight excluding hydrogens is 481 g/mol. The Labute approximate surface area is 211 Å². The van der Waals surface area contributed by atoms with E-state index in [0.29, 0.717) is 18.4 Å². The number of carbonyl (C=O) groups is 1. The van der Waals surface area contributed by atoms with E-state index in [9.17, 15) is 17.6 Å². The number of aromatic nitrogens is 1. The van der Waals surface area contributed by atoms with Crippen LogP contribution in [0.25, 0.3) is 12.2 Å². The number of hydrogen-bond acceptors (Lipinski definition) is 5. The predicted octanol–water partition coefficient (Wildman–Crippen LogP) is 5.20. The van der Waals surface area contributed by atoms with E-state index >= 15 is 0 Å². The van der Waals surface area contributed by atoms with Gasteiger partial charge in [-0.25, -0.2) is 12.8 Å². The van der Waals surface area contributed by atoms with Gasteiger partial charge in [0.05, 0.1) is 0 Å². The molecule has 1 aromatic heterocycles. The maximum atomic E-state index is 14.0. The van der Waals surface area contributed by atoms with Crippen LogP contribution < -0.4 is 5.32 Å². The molecule has 2 heterocycles. The number of aryl methyl sites for hydroxylation is 3. The quantitative estimate of drug-likeness (QED) is 0.471. The van der Waals surface area contributed by atoms with E-state index in [1.54, 1.807) is 25.1 Å². The number of para-hydroxylation sites is 1. The normalized spacial score (nSPS) is 15.4. The first-order chi connectivity index (χ1) is 17.2. The van der Waals surface area contributed by atoms with E-state index in [-0.39, 0.29) is 41.3 Å². The van der Waals surface area contributed by atoms with Crippen LogP contribution in [0.3, 0.4) is 0 Å². The molecule has 1 saturated heterocycles. The van der Waals surface area contributed by atoms with Gasteiger partial charge in [-0.05, 0) is 62.5 Å². The molecule has 2 aromatic carbocycles. The Kier molecular flexibility index (Phi) is 7.70. The summed E-state index contributed by atoms with van der Waals surface area (Å²) in [6, 6.07) is 12.1. The molecular formula is C27H30FN3O4S. The van der Waals surface area contributed by atoms with Gasteiger partial charge in [-0.15, -0.1) is 0 Å². The van der Waals surface area contributed by atoms with Crippen molar-refractivity contribution in [2.75, 3.05) is 18.4 Å². The van der Waals surface area contributed by atoms with E-state index in [4.69, 9.17) is 4.52 Å². The van der Waals surface area contributed by atoms with E-state index in [2.05, 4.69) is 10.5 Å². The summed E-state index contributed by atoms with van der Waals surface area (Å²) in [7, 11) is -3.92. The number of halogens is 1. The lowest BCUT2D eigenvalue weighted by Gasteiger charge is -2.30. The zero-order valence-corrected chi connectivity index (χ0v) is 21.4. The average Bonchev–Trinajstić information content (AvgIpc) is 3.25. The SMILES string of the molecule is CCc1cccc(C)c1NC(=O)C1CCN(S(=O)(=O)c2c(C)noc2C=Cc2ccccc2F)CC1. The minimum Gasteiger partial charge on any atom is -0.355 e. The second kappa shape index (κ2) is 10.8. The molecule has 1 aliphatic heterocycles. The lowest BCUT2D eigenvalue weighted by atomic mass is 9.96. The van der Waals surface area contributed by atoms with Crippen molar-refractivity contribution in [3.63, 3.8) is 0 Å². The van der Waals surface area contributed by atoms with Gasteiger partial charge in [0.1, 0.15) is 11.5 Å². The summed E-state index contributed by atoms with van der Waals surface area (Å²) in [5.74, 6) is -0.760. The Morgan fingerprint density at radius 3 is 2.56 bits per heavy atom. The molecule has 0 spiro atoms. The van der Waals surface area contributed by atoms with Crippen molar-refractivity contribution in [2.24, 2.45) is 5.92 Å². The predicted molar refractivity (Wildman–Crippen MR) is 137 cm³/mol. The minimum absolute atomic E-state index is 0.0366. The van der Waals surface area contributed by atoms with E-state index in [1.165, 1.54) is 22.5 Å². The number of piperidine rings is 1. The molecule has 0 bridgehead atoms. The number of hydrogen-bond donors (Lipinski definition) is 1. The van der Waals surface area contributed by atoms with Crippen molar-refractivity contribution in [3.05, 3.63) is 76.4 Å². The molecule has 0 saturated carbocycles. The molecule has 0 radical (unpaired) electrons. The summed E-state index contributed by atoms with van der Waals surface area (Å²) < 4.78 is 47.6. The van der Waals surface area contributed by atoms with Crippen LogP contribution in [-0.2, 0) is 21.2 Å². The average molecular weight is 512 g/mol. The van der Waals surface area contributed by atoms with Crippen molar-refractivity contribution < 1.29 is 22.1 Å². The standard InChI is InChI=1S/C27H30FN3O4S/c1-4-20-10-7-8-18(2)25(20)29-27(32)22-14-16-31(17-15-22)36(33,34)26-19(3)30-35-24(26)13-12-21-9-5-6-11-23(21)28/h5-13,22H,4,14-17H2,1-3H3,(H,29,32). The Hall–Kier alpha value is -3.30. The van der Waals surface area contributed by atoms with Crippen LogP contribution in [0.5, 0.6) is 0 Å². The fourth-order valence-corrected chi connectivity index (χ4v) is 6.21. The molecule has 0 aliphatic carbocycles. The van der Waals surface area contributed by atoms with Gasteiger partial charge in [-0.3, -0.25) is 4.79 Å². The first-order valence-corrected chi connectivity index (χ1v) is 13.4. The van der Waals surface area contributed by atoms with Gasteiger partial charge < -0.3 is 9.84 Å². The number of amides is 1. The van der Waals surface area contributed by atoms with Crippen molar-refractivity contribution in [1.82, 2.24) is 9.46 Å². The van der Waals surface area contributed by atoms with Gasteiger partial charge in [0.25, 0.3) is 0 Å². The van der Waals surface area contributed by atoms with Gasteiger partial charge in [0, 0.05) is 30.3 Å². The monoisotopic (exact) mass is 511 g/mol. The molecule has 190 valence electrons. The highest BCUT2D eigenvalue weighted by Gasteiger charge is 2.36. The summed E-state index contributed by atoms with van der Waals surface area (Å²) in [4.78, 5) is 12.9. The number of anilines is 1. The lowest BCUT2D eigenvalue weighted by Crippen LogP contribution is -2.41. The zero-order valence-electron chi connectivity index (χ0n) is 20.6. The molecule has 1 N–H and O–H groups in total. The summed E-state index contributed by atoms with van der Waals surface area (Å²) in [5.41, 5.74) is 3.45. The Morgan fingerprint density at radius 2 is 1.86 bits per heavy atom. The minimum atomic E-state index is -3.92. The van der Waals surface area contributed by atoms with E-state index < -0.39 is 15.8 Å². The number of carbonyl (C=O) groups excluding carboxylic acids is 1. The third-order valence-corrected chi connectivity index (χ3v) is 8.62. The first-order valence-electron chi connectivity index (χ1n) is 12.0. The van der Waals surface area contributed by atoms with Crippen LogP contribution >= 0.6 is 0 Å². The topological polar surface area (TPSA) is 92.5 Å². The van der Waals surface area contributed by atoms with Crippen LogP contribution in [-0.4, -0.2) is 36.9 Å². The number of rotatable bonds is 7. The lowest BCUT2D eigenvalue weighted by molar-refractivity contribution is -0.120. The number of sulfonamides is 1. The van der Waals surface area contributed by atoms with Crippen molar-refractivity contribution in [1.29, 1.82) is 0 Å². The summed E-state index contributed by atoms with van der Waals surface area (Å²) in [6.07, 6.45) is 4.49. The van der Waals surface area contributed by atoms with E-state index in [1.807, 2.05) is 32.0 Å². The van der Waals surface area contributed by atoms with Gasteiger partial charge in [0.2, 0.25) is 15.9 Å². The smallest absolute Gasteiger partial charge is 0.248 e. The number of nitrogens with one attached hydrogen (secondary N) is 1. The van der Waals surface area contributed by atoms with Gasteiger partial charge in [-0.2, -0.15) is 4.31 Å². The van der Waals surface area contributed by atoms with Crippen molar-refractivity contribution in [2.45, 2.75) is 44.9 Å². The Morgan fingerprint density at radius 1 is 1.14 bits per heavy atom. The summed E-state index contributed by atoms with van der Waals surface area (Å²) >= 11 is 0. The number of benzene rings is 2. The summed E-state index contributed by atoms with van der Waals surface area (Å²) in [5, 5.41) is 6.90. The third-order valence-electron chi connectivity index (χ3n) is 6.56. The Bertz CT molecular complexity index is 1390. The molecule has 4 rings (SSSR count). The molecule has 1 aliphatic rings. The van der Waals surface area contributed by atoms with E-state index in [0.717, 1.165) is 23.2 Å². The van der Waals surface area contributed by atoms with Crippen LogP contribution in [0, 0.1) is 25.6 Å². The Balaban J connectivity index is 1.47. The largest absolute Gasteiger partial charge is 0.355 e. The van der Waals surface area contributed by atoms with Crippen molar-refractivity contribution >= 4 is 33.8 Å². The van der Waals surface area contributed by atoms with Gasteiger partial charge >= 0.3 is 0 Å². The molecule has 0 unspecified atom stereocenters. The third kappa shape index (κ3) is 5.27. The molecule has 1 amide bonds. The first kappa shape index (κ1) is 25.8. The van der Waals surface area contributed by atoms with Crippen LogP contribution in [0.1, 0.15) is 47.9 Å². The fraction of sp³-hybridized carbons (Fsp3) is 0.333.